The molecule has 0 spiro atoms. The molecule has 158 valence electrons. The van der Waals surface area contributed by atoms with Gasteiger partial charge in [0.25, 0.3) is 0 Å². The van der Waals surface area contributed by atoms with E-state index in [1.54, 1.807) is 36.7 Å². The Morgan fingerprint density at radius 1 is 1.17 bits per heavy atom. The van der Waals surface area contributed by atoms with Crippen molar-refractivity contribution in [3.05, 3.63) is 66.0 Å². The van der Waals surface area contributed by atoms with E-state index in [2.05, 4.69) is 10.3 Å². The van der Waals surface area contributed by atoms with Crippen LogP contribution in [-0.2, 0) is 19.6 Å². The second kappa shape index (κ2) is 9.34. The highest BCUT2D eigenvalue weighted by Gasteiger charge is 2.28. The minimum atomic E-state index is -3.94. The van der Waals surface area contributed by atoms with Gasteiger partial charge in [-0.3, -0.25) is 9.78 Å². The lowest BCUT2D eigenvalue weighted by Crippen LogP contribution is -2.40. The summed E-state index contributed by atoms with van der Waals surface area (Å²) in [5.41, 5.74) is 2.58. The molecule has 1 amide bonds. The zero-order chi connectivity index (χ0) is 21.7. The zero-order valence-corrected chi connectivity index (χ0v) is 18.1. The molecule has 0 aliphatic heterocycles. The number of fused-ring (bicyclic) bond motifs is 1. The number of nitrogens with zero attached hydrogens (tertiary/aromatic N) is 2. The number of methoxy groups -OCH3 is 1. The van der Waals surface area contributed by atoms with E-state index in [9.17, 15) is 13.2 Å². The molecular weight excluding hydrogens is 402 g/mol. The molecule has 0 bridgehead atoms. The Morgan fingerprint density at radius 3 is 2.73 bits per heavy atom. The summed E-state index contributed by atoms with van der Waals surface area (Å²) >= 11 is 0. The first-order chi connectivity index (χ1) is 14.3. The minimum absolute atomic E-state index is 0.0561. The van der Waals surface area contributed by atoms with E-state index in [-0.39, 0.29) is 24.6 Å². The van der Waals surface area contributed by atoms with Crippen LogP contribution in [0.15, 0.2) is 59.8 Å². The van der Waals surface area contributed by atoms with Crippen LogP contribution in [0.4, 0.5) is 5.69 Å². The highest BCUT2D eigenvalue weighted by molar-refractivity contribution is 7.89. The number of anilines is 1. The highest BCUT2D eigenvalue weighted by Crippen LogP contribution is 2.25. The van der Waals surface area contributed by atoms with Crippen LogP contribution < -0.4 is 5.32 Å². The number of nitrogens with one attached hydrogen (secondary N) is 1. The van der Waals surface area contributed by atoms with Gasteiger partial charge in [0.15, 0.2) is 0 Å². The summed E-state index contributed by atoms with van der Waals surface area (Å²) in [4.78, 5) is 16.9. The Hall–Kier alpha value is -2.81. The van der Waals surface area contributed by atoms with E-state index >= 15 is 0 Å². The summed E-state index contributed by atoms with van der Waals surface area (Å²) < 4.78 is 33.1. The fourth-order valence-corrected chi connectivity index (χ4v) is 4.75. The van der Waals surface area contributed by atoms with Gasteiger partial charge in [-0.25, -0.2) is 8.42 Å². The van der Waals surface area contributed by atoms with Crippen LogP contribution in [0.3, 0.4) is 0 Å². The SMILES string of the molecule is COCCN(CC(=O)Nc1cc(C)ccc1C)S(=O)(=O)c1cccc2cnccc12. The predicted octanol–water partition coefficient (Wildman–Crippen LogP) is 3.13. The number of pyridine rings is 1. The van der Waals surface area contributed by atoms with Crippen molar-refractivity contribution in [1.82, 2.24) is 9.29 Å². The van der Waals surface area contributed by atoms with Crippen molar-refractivity contribution >= 4 is 32.4 Å². The molecule has 1 N–H and O–H groups in total. The van der Waals surface area contributed by atoms with Crippen molar-refractivity contribution in [2.45, 2.75) is 18.7 Å². The van der Waals surface area contributed by atoms with Gasteiger partial charge in [-0.15, -0.1) is 0 Å². The first kappa shape index (κ1) is 21.9. The predicted molar refractivity (Wildman–Crippen MR) is 117 cm³/mol. The van der Waals surface area contributed by atoms with Gasteiger partial charge in [-0.1, -0.05) is 24.3 Å². The van der Waals surface area contributed by atoms with Crippen LogP contribution in [0.25, 0.3) is 10.8 Å². The van der Waals surface area contributed by atoms with Gasteiger partial charge < -0.3 is 10.1 Å². The molecule has 8 heteroatoms. The van der Waals surface area contributed by atoms with E-state index in [0.29, 0.717) is 16.5 Å². The Kier molecular flexibility index (Phi) is 6.81. The third-order valence-corrected chi connectivity index (χ3v) is 6.69. The van der Waals surface area contributed by atoms with Crippen molar-refractivity contribution in [3.8, 4) is 0 Å². The smallest absolute Gasteiger partial charge is 0.244 e. The van der Waals surface area contributed by atoms with Crippen LogP contribution in [0, 0.1) is 13.8 Å². The fraction of sp³-hybridized carbons (Fsp3) is 0.273. The molecule has 0 unspecified atom stereocenters. The Morgan fingerprint density at radius 2 is 1.97 bits per heavy atom. The normalized spacial score (nSPS) is 11.7. The van der Waals surface area contributed by atoms with Crippen LogP contribution >= 0.6 is 0 Å². The first-order valence-electron chi connectivity index (χ1n) is 9.52. The fourth-order valence-electron chi connectivity index (χ4n) is 3.15. The number of benzene rings is 2. The van der Waals surface area contributed by atoms with Gasteiger partial charge in [0.1, 0.15) is 0 Å². The summed E-state index contributed by atoms with van der Waals surface area (Å²) in [6.45, 7) is 3.72. The topological polar surface area (TPSA) is 88.6 Å². The lowest BCUT2D eigenvalue weighted by Gasteiger charge is -2.22. The van der Waals surface area contributed by atoms with Gasteiger partial charge >= 0.3 is 0 Å². The maximum Gasteiger partial charge on any atom is 0.244 e. The van der Waals surface area contributed by atoms with Crippen molar-refractivity contribution in [2.75, 3.05) is 32.1 Å². The molecule has 7 nitrogen and oxygen atoms in total. The van der Waals surface area contributed by atoms with Crippen LogP contribution in [0.1, 0.15) is 11.1 Å². The largest absolute Gasteiger partial charge is 0.383 e. The summed E-state index contributed by atoms with van der Waals surface area (Å²) in [6, 6.07) is 12.4. The van der Waals surface area contributed by atoms with E-state index < -0.39 is 15.9 Å². The molecule has 0 atom stereocenters. The standard InChI is InChI=1S/C22H25N3O4S/c1-16-7-8-17(2)20(13-16)24-22(26)15-25(11-12-29-3)30(27,28)21-6-4-5-18-14-23-10-9-19(18)21/h4-10,13-14H,11-12,15H2,1-3H3,(H,24,26). The lowest BCUT2D eigenvalue weighted by atomic mass is 10.1. The maximum absolute atomic E-state index is 13.4. The lowest BCUT2D eigenvalue weighted by molar-refractivity contribution is -0.116. The number of amides is 1. The molecule has 0 aliphatic carbocycles. The molecule has 3 aromatic rings. The molecule has 0 fully saturated rings. The average molecular weight is 428 g/mol. The maximum atomic E-state index is 13.4. The highest BCUT2D eigenvalue weighted by atomic mass is 32.2. The number of aromatic nitrogens is 1. The number of sulfonamides is 1. The van der Waals surface area contributed by atoms with Crippen LogP contribution in [0.5, 0.6) is 0 Å². The third kappa shape index (κ3) is 4.84. The van der Waals surface area contributed by atoms with Gasteiger partial charge in [0.2, 0.25) is 15.9 Å². The summed E-state index contributed by atoms with van der Waals surface area (Å²) in [6.07, 6.45) is 3.16. The van der Waals surface area contributed by atoms with E-state index in [1.165, 1.54) is 7.11 Å². The van der Waals surface area contributed by atoms with Crippen LogP contribution in [0.2, 0.25) is 0 Å². The van der Waals surface area contributed by atoms with E-state index in [0.717, 1.165) is 15.4 Å². The molecule has 3 rings (SSSR count). The number of carbonyl (C=O) groups is 1. The molecule has 2 aromatic carbocycles. The number of carbonyl (C=O) groups excluding carboxylic acids is 1. The summed E-state index contributed by atoms with van der Waals surface area (Å²) in [5.74, 6) is -0.412. The third-order valence-electron chi connectivity index (χ3n) is 4.79. The number of hydrogen-bond donors (Lipinski definition) is 1. The van der Waals surface area contributed by atoms with Crippen molar-refractivity contribution in [1.29, 1.82) is 0 Å². The number of ether oxygens (including phenoxy) is 1. The quantitative estimate of drug-likeness (QED) is 0.597. The van der Waals surface area contributed by atoms with E-state index in [1.807, 2.05) is 32.0 Å². The molecule has 0 saturated heterocycles. The molecule has 30 heavy (non-hydrogen) atoms. The molecule has 0 saturated carbocycles. The summed E-state index contributed by atoms with van der Waals surface area (Å²) in [5, 5.41) is 4.10. The number of aryl methyl sites for hydroxylation is 2. The van der Waals surface area contributed by atoms with Crippen molar-refractivity contribution in [2.24, 2.45) is 0 Å². The van der Waals surface area contributed by atoms with Crippen molar-refractivity contribution in [3.63, 3.8) is 0 Å². The minimum Gasteiger partial charge on any atom is -0.383 e. The number of hydrogen-bond acceptors (Lipinski definition) is 5. The number of rotatable bonds is 8. The Bertz CT molecular complexity index is 1160. The first-order valence-corrected chi connectivity index (χ1v) is 11.0. The Labute approximate surface area is 176 Å². The Balaban J connectivity index is 1.91. The summed E-state index contributed by atoms with van der Waals surface area (Å²) in [7, 11) is -2.45. The molecule has 1 aromatic heterocycles. The zero-order valence-electron chi connectivity index (χ0n) is 17.3. The van der Waals surface area contributed by atoms with Crippen LogP contribution in [-0.4, -0.2) is 50.4 Å². The van der Waals surface area contributed by atoms with E-state index in [4.69, 9.17) is 4.74 Å². The second-order valence-electron chi connectivity index (χ2n) is 7.05. The van der Waals surface area contributed by atoms with Crippen molar-refractivity contribution < 1.29 is 17.9 Å². The van der Waals surface area contributed by atoms with Gasteiger partial charge in [0.05, 0.1) is 18.0 Å². The second-order valence-corrected chi connectivity index (χ2v) is 8.96. The molecular formula is C22H25N3O4S. The molecule has 0 aliphatic rings. The van der Waals surface area contributed by atoms with Gasteiger partial charge in [0, 0.05) is 42.5 Å². The van der Waals surface area contributed by atoms with Gasteiger partial charge in [-0.2, -0.15) is 4.31 Å². The molecule has 0 radical (unpaired) electrons. The monoisotopic (exact) mass is 427 g/mol. The van der Waals surface area contributed by atoms with Gasteiger partial charge in [-0.05, 0) is 43.2 Å². The molecule has 1 heterocycles. The average Bonchev–Trinajstić information content (AvgIpc) is 2.73.